The Bertz CT molecular complexity index is 97.9. The molecule has 0 aromatic carbocycles. The van der Waals surface area contributed by atoms with Crippen LogP contribution in [0.4, 0.5) is 0 Å². The van der Waals surface area contributed by atoms with Crippen LogP contribution in [-0.2, 0) is 21.3 Å². The second-order valence-corrected chi connectivity index (χ2v) is 42.4. The predicted octanol–water partition coefficient (Wildman–Crippen LogP) is 2.55. The minimum absolute atomic E-state index is 0.272. The van der Waals surface area contributed by atoms with Crippen molar-refractivity contribution in [2.45, 2.75) is 6.92 Å². The van der Waals surface area contributed by atoms with Gasteiger partial charge in [0.1, 0.15) is 0 Å². The molecular weight excluding hydrogens is 387 g/mol. The van der Waals surface area contributed by atoms with Gasteiger partial charge in [-0.2, -0.15) is 0 Å². The van der Waals surface area contributed by atoms with Gasteiger partial charge < -0.3 is 0 Å². The van der Waals surface area contributed by atoms with Gasteiger partial charge in [-0.15, -0.1) is 0 Å². The Balaban J connectivity index is 3.55. The normalized spacial score (nSPS) is 11.0. The molecule has 0 aliphatic rings. The number of carbonyl (C=O) groups is 1. The Kier molecular flexibility index (Phi) is 4.70. The monoisotopic (exact) mass is 386 g/mol. The van der Waals surface area contributed by atoms with E-state index in [-0.39, 0.29) is 5.97 Å². The van der Waals surface area contributed by atoms with Crippen molar-refractivity contribution in [3.63, 3.8) is 0 Å². The van der Waals surface area contributed by atoms with Gasteiger partial charge in [0.25, 0.3) is 0 Å². The molecule has 0 aliphatic carbocycles. The van der Waals surface area contributed by atoms with E-state index in [0.29, 0.717) is 0 Å². The van der Waals surface area contributed by atoms with Crippen molar-refractivity contribution < 1.29 is 21.3 Å². The van der Waals surface area contributed by atoms with Gasteiger partial charge in [-0.1, -0.05) is 0 Å². The zero-order valence-electron chi connectivity index (χ0n) is 3.95. The van der Waals surface area contributed by atoms with Crippen LogP contribution in [0.5, 0.6) is 0 Å². The topological polar surface area (TPSA) is 26.3 Å². The van der Waals surface area contributed by atoms with Crippen LogP contribution in [0.15, 0.2) is 0 Å². The summed E-state index contributed by atoms with van der Waals surface area (Å²) < 4.78 is 4.76. The summed E-state index contributed by atoms with van der Waals surface area (Å²) >= 11 is 6.77. The predicted molar refractivity (Wildman–Crippen MR) is 38.5 cm³/mol. The molecule has 0 rings (SSSR count). The Morgan fingerprint density at radius 3 is 1.88 bits per heavy atom. The fourth-order valence-corrected chi connectivity index (χ4v) is 5.01. The maximum absolute atomic E-state index is 10.2. The number of hydrogen-bond donors (Lipinski definition) is 0. The van der Waals surface area contributed by atoms with Gasteiger partial charge >= 0.3 is 70.8 Å². The summed E-state index contributed by atoms with van der Waals surface area (Å²) in [5, 5.41) is 0. The third-order valence-electron chi connectivity index (χ3n) is 0.259. The van der Waals surface area contributed by atoms with Gasteiger partial charge in [-0.05, 0) is 0 Å². The standard InChI is InChI=1S/C2H4O2.3BrH.Zr/c1-2(3)4;;;;/h1H3,(H,3,4);3*1H;/q;;;;+4/p-4. The first kappa shape index (κ1) is 9.79. The first-order valence-corrected chi connectivity index (χ1v) is 19.5. The molecule has 0 fully saturated rings. The number of rotatable bonds is 1. The zero-order valence-corrected chi connectivity index (χ0v) is 11.2. The maximum atomic E-state index is 10.2. The van der Waals surface area contributed by atoms with Crippen molar-refractivity contribution in [2.75, 3.05) is 0 Å². The van der Waals surface area contributed by atoms with Crippen LogP contribution in [0.25, 0.3) is 0 Å². The molecule has 0 bridgehead atoms. The van der Waals surface area contributed by atoms with Gasteiger partial charge in [0.05, 0.1) is 0 Å². The third kappa shape index (κ3) is 7.79. The molecule has 0 aliphatic heterocycles. The Labute approximate surface area is 69.7 Å². The van der Waals surface area contributed by atoms with E-state index in [4.69, 9.17) is 2.81 Å². The molecule has 0 saturated heterocycles. The summed E-state index contributed by atoms with van der Waals surface area (Å²) in [6.07, 6.45) is 0. The summed E-state index contributed by atoms with van der Waals surface area (Å²) in [7, 11) is 0. The van der Waals surface area contributed by atoms with E-state index in [1.807, 2.05) is 0 Å². The Morgan fingerprint density at radius 1 is 1.50 bits per heavy atom. The van der Waals surface area contributed by atoms with E-state index in [9.17, 15) is 4.79 Å². The molecule has 8 heavy (non-hydrogen) atoms. The second-order valence-electron chi connectivity index (χ2n) is 1.04. The zero-order chi connectivity index (χ0) is 6.78. The van der Waals surface area contributed by atoms with Crippen molar-refractivity contribution in [3.8, 4) is 0 Å². The van der Waals surface area contributed by atoms with Crippen molar-refractivity contribution in [1.29, 1.82) is 0 Å². The van der Waals surface area contributed by atoms with E-state index >= 15 is 0 Å². The first-order chi connectivity index (χ1) is 3.42. The number of halogens is 3. The molecule has 0 saturated carbocycles. The van der Waals surface area contributed by atoms with E-state index in [1.165, 1.54) is 6.92 Å². The van der Waals surface area contributed by atoms with E-state index in [1.54, 1.807) is 0 Å². The molecule has 0 unspecified atom stereocenters. The average Bonchev–Trinajstić information content (AvgIpc) is 1.21. The summed E-state index contributed by atoms with van der Waals surface area (Å²) in [4.78, 5) is 10.2. The van der Waals surface area contributed by atoms with Crippen molar-refractivity contribution in [2.24, 2.45) is 0 Å². The molecule has 0 radical (unpaired) electrons. The van der Waals surface area contributed by atoms with Crippen LogP contribution in [0.3, 0.4) is 0 Å². The molecular formula is C2H3Br3O2Zr. The molecule has 2 nitrogen and oxygen atoms in total. The Morgan fingerprint density at radius 2 is 1.88 bits per heavy atom. The molecule has 48 valence electrons. The molecule has 6 heteroatoms. The van der Waals surface area contributed by atoms with Gasteiger partial charge in [0.15, 0.2) is 0 Å². The Hall–Kier alpha value is 1.79. The molecule has 0 amide bonds. The minimum atomic E-state index is -2.77. The third-order valence-corrected chi connectivity index (χ3v) is 4.41. The molecule has 0 aromatic heterocycles. The summed E-state index contributed by atoms with van der Waals surface area (Å²) in [5.41, 5.74) is 0. The van der Waals surface area contributed by atoms with Crippen molar-refractivity contribution >= 4 is 42.6 Å². The van der Waals surface area contributed by atoms with Gasteiger partial charge in [-0.3, -0.25) is 0 Å². The first-order valence-electron chi connectivity index (χ1n) is 1.68. The molecule has 0 heterocycles. The van der Waals surface area contributed by atoms with Crippen molar-refractivity contribution in [1.82, 2.24) is 0 Å². The molecule has 0 spiro atoms. The van der Waals surface area contributed by atoms with Crippen LogP contribution in [0, 0.1) is 0 Å². The van der Waals surface area contributed by atoms with Gasteiger partial charge in [0.2, 0.25) is 0 Å². The van der Waals surface area contributed by atoms with Crippen LogP contribution >= 0.6 is 36.7 Å². The van der Waals surface area contributed by atoms with E-state index in [0.717, 1.165) is 0 Å². The SMILES string of the molecule is CC(=O)[O][Zr]([Br])([Br])[Br]. The van der Waals surface area contributed by atoms with Crippen molar-refractivity contribution in [3.05, 3.63) is 0 Å². The van der Waals surface area contributed by atoms with Gasteiger partial charge in [-0.25, -0.2) is 0 Å². The molecule has 0 atom stereocenters. The quantitative estimate of drug-likeness (QED) is 0.689. The fraction of sp³-hybridized carbons (Fsp3) is 0.500. The van der Waals surface area contributed by atoms with Crippen LogP contribution in [0.1, 0.15) is 6.92 Å². The summed E-state index contributed by atoms with van der Waals surface area (Å²) in [6.45, 7) is 1.37. The average molecular weight is 390 g/mol. The van der Waals surface area contributed by atoms with E-state index in [2.05, 4.69) is 36.7 Å². The molecule has 0 N–H and O–H groups in total. The van der Waals surface area contributed by atoms with Gasteiger partial charge in [0, 0.05) is 0 Å². The number of hydrogen-bond acceptors (Lipinski definition) is 2. The summed E-state index contributed by atoms with van der Waals surface area (Å²) in [6, 6.07) is 0. The summed E-state index contributed by atoms with van der Waals surface area (Å²) in [5.74, 6) is -0.272. The molecule has 0 aromatic rings. The van der Waals surface area contributed by atoms with Crippen LogP contribution < -0.4 is 0 Å². The second kappa shape index (κ2) is 3.84. The fourth-order valence-electron chi connectivity index (χ4n) is 0.163. The van der Waals surface area contributed by atoms with Crippen LogP contribution in [0.2, 0.25) is 0 Å². The van der Waals surface area contributed by atoms with E-state index < -0.39 is 13.7 Å². The number of carbonyl (C=O) groups excluding carboxylic acids is 1. The van der Waals surface area contributed by atoms with Crippen LogP contribution in [-0.4, -0.2) is 5.97 Å².